The van der Waals surface area contributed by atoms with Crippen molar-refractivity contribution in [2.45, 2.75) is 0 Å². The number of benzene rings is 2. The molecule has 86 valence electrons. The topological polar surface area (TPSA) is 38.0 Å². The second-order valence-corrected chi connectivity index (χ2v) is 3.99. The molecular formula is C13H11FN2S. The van der Waals surface area contributed by atoms with Gasteiger partial charge in [0.2, 0.25) is 0 Å². The van der Waals surface area contributed by atoms with E-state index in [1.807, 2.05) is 0 Å². The Morgan fingerprint density at radius 3 is 2.29 bits per heavy atom. The third-order valence-electron chi connectivity index (χ3n) is 2.32. The van der Waals surface area contributed by atoms with Crippen molar-refractivity contribution in [2.24, 2.45) is 5.73 Å². The Balaban J connectivity index is 2.20. The van der Waals surface area contributed by atoms with Gasteiger partial charge in [-0.15, -0.1) is 0 Å². The van der Waals surface area contributed by atoms with E-state index in [0.29, 0.717) is 10.7 Å². The van der Waals surface area contributed by atoms with Gasteiger partial charge in [0.1, 0.15) is 10.8 Å². The number of hydrogen-bond acceptors (Lipinski definition) is 2. The Labute approximate surface area is 104 Å². The minimum absolute atomic E-state index is 0.286. The first kappa shape index (κ1) is 11.5. The maximum atomic E-state index is 13.4. The number of halogens is 1. The Hall–Kier alpha value is -1.94. The Morgan fingerprint density at radius 2 is 1.71 bits per heavy atom. The molecule has 0 saturated heterocycles. The molecule has 2 rings (SSSR count). The molecule has 0 amide bonds. The van der Waals surface area contributed by atoms with E-state index >= 15 is 0 Å². The highest BCUT2D eigenvalue weighted by Gasteiger charge is 2.01. The van der Waals surface area contributed by atoms with Crippen molar-refractivity contribution in [3.05, 3.63) is 59.9 Å². The van der Waals surface area contributed by atoms with Crippen LogP contribution >= 0.6 is 12.2 Å². The molecule has 0 heterocycles. The second-order valence-electron chi connectivity index (χ2n) is 3.55. The molecule has 0 radical (unpaired) electrons. The first-order chi connectivity index (χ1) is 8.16. The van der Waals surface area contributed by atoms with Crippen molar-refractivity contribution in [1.29, 1.82) is 0 Å². The highest BCUT2D eigenvalue weighted by atomic mass is 32.1. The maximum absolute atomic E-state index is 13.4. The van der Waals surface area contributed by atoms with Crippen molar-refractivity contribution < 1.29 is 4.39 Å². The van der Waals surface area contributed by atoms with Crippen LogP contribution in [0.4, 0.5) is 15.8 Å². The lowest BCUT2D eigenvalue weighted by atomic mass is 10.2. The minimum atomic E-state index is -0.286. The molecule has 3 N–H and O–H groups in total. The monoisotopic (exact) mass is 246 g/mol. The average Bonchev–Trinajstić information content (AvgIpc) is 2.33. The molecule has 2 aromatic carbocycles. The number of rotatable bonds is 3. The maximum Gasteiger partial charge on any atom is 0.146 e. The summed E-state index contributed by atoms with van der Waals surface area (Å²) in [5.41, 5.74) is 7.51. The van der Waals surface area contributed by atoms with E-state index < -0.39 is 0 Å². The van der Waals surface area contributed by atoms with Gasteiger partial charge in [-0.05, 0) is 36.4 Å². The van der Waals surface area contributed by atoms with Gasteiger partial charge >= 0.3 is 0 Å². The highest BCUT2D eigenvalue weighted by Crippen LogP contribution is 2.19. The summed E-state index contributed by atoms with van der Waals surface area (Å²) in [6, 6.07) is 13.7. The molecule has 0 aliphatic carbocycles. The highest BCUT2D eigenvalue weighted by molar-refractivity contribution is 7.80. The van der Waals surface area contributed by atoms with Crippen molar-refractivity contribution in [3.63, 3.8) is 0 Å². The lowest BCUT2D eigenvalue weighted by molar-refractivity contribution is 0.632. The quantitative estimate of drug-likeness (QED) is 0.817. The molecule has 0 aromatic heterocycles. The normalized spacial score (nSPS) is 9.94. The van der Waals surface area contributed by atoms with Crippen LogP contribution in [0.25, 0.3) is 0 Å². The molecule has 0 fully saturated rings. The molecular weight excluding hydrogens is 235 g/mol. The van der Waals surface area contributed by atoms with Gasteiger partial charge in [-0.3, -0.25) is 0 Å². The summed E-state index contributed by atoms with van der Waals surface area (Å²) in [6.07, 6.45) is 0. The summed E-state index contributed by atoms with van der Waals surface area (Å²) < 4.78 is 13.4. The molecule has 0 aliphatic heterocycles. The van der Waals surface area contributed by atoms with Gasteiger partial charge in [-0.25, -0.2) is 4.39 Å². The molecule has 2 nitrogen and oxygen atoms in total. The van der Waals surface area contributed by atoms with E-state index in [9.17, 15) is 4.39 Å². The summed E-state index contributed by atoms with van der Waals surface area (Å²) in [4.78, 5) is 0.349. The largest absolute Gasteiger partial charge is 0.389 e. The van der Waals surface area contributed by atoms with Crippen molar-refractivity contribution >= 4 is 28.6 Å². The third-order valence-corrected chi connectivity index (χ3v) is 2.56. The molecule has 0 bridgehead atoms. The van der Waals surface area contributed by atoms with E-state index in [4.69, 9.17) is 18.0 Å². The van der Waals surface area contributed by atoms with Gasteiger partial charge in [0, 0.05) is 11.3 Å². The zero-order valence-electron chi connectivity index (χ0n) is 8.98. The van der Waals surface area contributed by atoms with Crippen molar-refractivity contribution in [2.75, 3.05) is 5.32 Å². The molecule has 0 atom stereocenters. The fourth-order valence-electron chi connectivity index (χ4n) is 1.44. The number of hydrogen-bond donors (Lipinski definition) is 2. The van der Waals surface area contributed by atoms with Crippen LogP contribution in [0.5, 0.6) is 0 Å². The van der Waals surface area contributed by atoms with Crippen LogP contribution in [0.1, 0.15) is 5.56 Å². The molecule has 0 spiro atoms. The summed E-state index contributed by atoms with van der Waals surface area (Å²) in [7, 11) is 0. The Bertz CT molecular complexity index is 537. The predicted octanol–water partition coefficient (Wildman–Crippen LogP) is 3.20. The van der Waals surface area contributed by atoms with E-state index in [1.54, 1.807) is 42.5 Å². The molecule has 17 heavy (non-hydrogen) atoms. The molecule has 0 unspecified atom stereocenters. The van der Waals surface area contributed by atoms with Gasteiger partial charge in [-0.1, -0.05) is 24.4 Å². The zero-order valence-corrected chi connectivity index (χ0v) is 9.80. The number of para-hydroxylation sites is 1. The van der Waals surface area contributed by atoms with Crippen LogP contribution in [-0.4, -0.2) is 4.99 Å². The lowest BCUT2D eigenvalue weighted by Gasteiger charge is -2.07. The fourth-order valence-corrected chi connectivity index (χ4v) is 1.57. The summed E-state index contributed by atoms with van der Waals surface area (Å²) in [6.45, 7) is 0. The number of nitrogens with two attached hydrogens (primary N) is 1. The standard InChI is InChI=1S/C13H11FN2S/c14-11-3-1-2-4-12(11)16-10-7-5-9(6-8-10)13(15)17/h1-8,16H,(H2,15,17). The summed E-state index contributed by atoms with van der Waals surface area (Å²) >= 11 is 4.85. The van der Waals surface area contributed by atoms with Crippen LogP contribution in [0.15, 0.2) is 48.5 Å². The fraction of sp³-hybridized carbons (Fsp3) is 0. The first-order valence-electron chi connectivity index (χ1n) is 5.08. The molecule has 0 saturated carbocycles. The lowest BCUT2D eigenvalue weighted by Crippen LogP contribution is -2.08. The summed E-state index contributed by atoms with van der Waals surface area (Å²) in [5.74, 6) is -0.286. The van der Waals surface area contributed by atoms with Gasteiger partial charge < -0.3 is 11.1 Å². The second kappa shape index (κ2) is 4.93. The Morgan fingerprint density at radius 1 is 1.06 bits per heavy atom. The number of nitrogens with one attached hydrogen (secondary N) is 1. The van der Waals surface area contributed by atoms with Gasteiger partial charge in [0.25, 0.3) is 0 Å². The smallest absolute Gasteiger partial charge is 0.146 e. The van der Waals surface area contributed by atoms with Crippen LogP contribution in [0, 0.1) is 5.82 Å². The van der Waals surface area contributed by atoms with Crippen LogP contribution < -0.4 is 11.1 Å². The van der Waals surface area contributed by atoms with E-state index in [1.165, 1.54) is 6.07 Å². The number of thiocarbonyl (C=S) groups is 1. The average molecular weight is 246 g/mol. The first-order valence-corrected chi connectivity index (χ1v) is 5.49. The minimum Gasteiger partial charge on any atom is -0.389 e. The zero-order chi connectivity index (χ0) is 12.3. The van der Waals surface area contributed by atoms with Crippen LogP contribution in [-0.2, 0) is 0 Å². The van der Waals surface area contributed by atoms with Gasteiger partial charge in [0.15, 0.2) is 0 Å². The molecule has 2 aromatic rings. The Kier molecular flexibility index (Phi) is 3.35. The summed E-state index contributed by atoms with van der Waals surface area (Å²) in [5, 5.41) is 2.98. The van der Waals surface area contributed by atoms with Crippen LogP contribution in [0.2, 0.25) is 0 Å². The van der Waals surface area contributed by atoms with E-state index in [2.05, 4.69) is 5.32 Å². The van der Waals surface area contributed by atoms with Gasteiger partial charge in [-0.2, -0.15) is 0 Å². The van der Waals surface area contributed by atoms with E-state index in [0.717, 1.165) is 11.3 Å². The van der Waals surface area contributed by atoms with Crippen molar-refractivity contribution in [3.8, 4) is 0 Å². The molecule has 0 aliphatic rings. The SMILES string of the molecule is NC(=S)c1ccc(Nc2ccccc2F)cc1. The van der Waals surface area contributed by atoms with Crippen molar-refractivity contribution in [1.82, 2.24) is 0 Å². The van der Waals surface area contributed by atoms with Gasteiger partial charge in [0.05, 0.1) is 5.69 Å². The third kappa shape index (κ3) is 2.79. The number of anilines is 2. The molecule has 4 heteroatoms. The van der Waals surface area contributed by atoms with E-state index in [-0.39, 0.29) is 5.82 Å². The predicted molar refractivity (Wildman–Crippen MR) is 72.0 cm³/mol. The van der Waals surface area contributed by atoms with Crippen LogP contribution in [0.3, 0.4) is 0 Å².